The molecule has 1 aliphatic rings. The molecule has 114 valence electrons. The fourth-order valence-electron chi connectivity index (χ4n) is 2.42. The fraction of sp³-hybridized carbons (Fsp3) is 0.538. The van der Waals surface area contributed by atoms with E-state index in [9.17, 15) is 24.8 Å². The summed E-state index contributed by atoms with van der Waals surface area (Å²) in [5.74, 6) is -1.65. The molecule has 2 rings (SSSR count). The Bertz CT molecular complexity index is 589. The number of carboxylic acids is 1. The van der Waals surface area contributed by atoms with Crippen LogP contribution in [-0.2, 0) is 11.3 Å². The number of aliphatic carboxylic acids is 1. The summed E-state index contributed by atoms with van der Waals surface area (Å²) in [6, 6.07) is 1.18. The van der Waals surface area contributed by atoms with E-state index in [0.29, 0.717) is 25.8 Å². The normalized spacial score (nSPS) is 16.0. The first-order valence-corrected chi connectivity index (χ1v) is 6.80. The van der Waals surface area contributed by atoms with Crippen LogP contribution in [0.25, 0.3) is 0 Å². The second kappa shape index (κ2) is 5.55. The molecule has 8 nitrogen and oxygen atoms in total. The van der Waals surface area contributed by atoms with E-state index in [2.05, 4.69) is 5.32 Å². The molecular formula is C13H17N3O5. The van der Waals surface area contributed by atoms with Crippen LogP contribution in [0.15, 0.2) is 12.3 Å². The number of nitrogens with one attached hydrogen (secondary N) is 1. The molecule has 1 fully saturated rings. The molecule has 1 aromatic rings. The molecular weight excluding hydrogens is 278 g/mol. The van der Waals surface area contributed by atoms with Gasteiger partial charge in [-0.3, -0.25) is 14.9 Å². The van der Waals surface area contributed by atoms with Gasteiger partial charge in [-0.2, -0.15) is 0 Å². The molecule has 1 saturated carbocycles. The highest BCUT2D eigenvalue weighted by molar-refractivity contribution is 5.97. The minimum Gasteiger partial charge on any atom is -0.480 e. The lowest BCUT2D eigenvalue weighted by Gasteiger charge is -2.38. The van der Waals surface area contributed by atoms with Crippen molar-refractivity contribution in [3.05, 3.63) is 28.1 Å². The molecule has 1 heterocycles. The van der Waals surface area contributed by atoms with E-state index >= 15 is 0 Å². The molecule has 0 radical (unpaired) electrons. The van der Waals surface area contributed by atoms with Gasteiger partial charge in [0.25, 0.3) is 11.6 Å². The number of carboxylic acid groups (broad SMARTS) is 1. The Morgan fingerprint density at radius 3 is 2.62 bits per heavy atom. The highest BCUT2D eigenvalue weighted by Gasteiger charge is 2.46. The Balaban J connectivity index is 2.25. The maximum absolute atomic E-state index is 12.3. The van der Waals surface area contributed by atoms with E-state index in [1.54, 1.807) is 0 Å². The van der Waals surface area contributed by atoms with Gasteiger partial charge in [-0.15, -0.1) is 0 Å². The summed E-state index contributed by atoms with van der Waals surface area (Å²) in [5.41, 5.74) is -1.28. The number of hydrogen-bond acceptors (Lipinski definition) is 4. The van der Waals surface area contributed by atoms with Crippen LogP contribution in [0.5, 0.6) is 0 Å². The van der Waals surface area contributed by atoms with Crippen molar-refractivity contribution < 1.29 is 19.6 Å². The third kappa shape index (κ3) is 2.74. The Morgan fingerprint density at radius 1 is 1.52 bits per heavy atom. The lowest BCUT2D eigenvalue weighted by Crippen LogP contribution is -2.59. The number of hydrogen-bond donors (Lipinski definition) is 2. The van der Waals surface area contributed by atoms with Crippen LogP contribution in [0.1, 0.15) is 43.1 Å². The third-order valence-electron chi connectivity index (χ3n) is 3.76. The first-order chi connectivity index (χ1) is 9.89. The highest BCUT2D eigenvalue weighted by Crippen LogP contribution is 2.32. The summed E-state index contributed by atoms with van der Waals surface area (Å²) < 4.78 is 1.49. The fourth-order valence-corrected chi connectivity index (χ4v) is 2.42. The van der Waals surface area contributed by atoms with Crippen molar-refractivity contribution in [3.8, 4) is 0 Å². The predicted octanol–water partition coefficient (Wildman–Crippen LogP) is 1.54. The van der Waals surface area contributed by atoms with Crippen molar-refractivity contribution in [1.82, 2.24) is 9.88 Å². The van der Waals surface area contributed by atoms with Crippen LogP contribution >= 0.6 is 0 Å². The van der Waals surface area contributed by atoms with Gasteiger partial charge in [0.2, 0.25) is 0 Å². The van der Waals surface area contributed by atoms with Gasteiger partial charge in [-0.1, -0.05) is 6.92 Å². The van der Waals surface area contributed by atoms with E-state index in [1.807, 2.05) is 6.92 Å². The van der Waals surface area contributed by atoms with Crippen LogP contribution in [0.4, 0.5) is 5.69 Å². The summed E-state index contributed by atoms with van der Waals surface area (Å²) in [7, 11) is 0. The minimum absolute atomic E-state index is 0.121. The maximum atomic E-state index is 12.3. The summed E-state index contributed by atoms with van der Waals surface area (Å²) in [4.78, 5) is 33.8. The zero-order valence-corrected chi connectivity index (χ0v) is 11.7. The number of carbonyl (C=O) groups is 2. The second-order valence-corrected chi connectivity index (χ2v) is 5.23. The number of rotatable bonds is 6. The quantitative estimate of drug-likeness (QED) is 0.610. The zero-order chi connectivity index (χ0) is 15.6. The van der Waals surface area contributed by atoms with Crippen molar-refractivity contribution in [1.29, 1.82) is 0 Å². The van der Waals surface area contributed by atoms with Crippen molar-refractivity contribution in [3.63, 3.8) is 0 Å². The van der Waals surface area contributed by atoms with E-state index in [1.165, 1.54) is 16.8 Å². The van der Waals surface area contributed by atoms with E-state index in [-0.39, 0.29) is 11.4 Å². The lowest BCUT2D eigenvalue weighted by molar-refractivity contribution is -0.384. The van der Waals surface area contributed by atoms with Crippen molar-refractivity contribution in [2.24, 2.45) is 0 Å². The standard InChI is InChI=1S/C13H17N3O5/c1-2-6-15-8-9(16(20)21)7-10(15)11(17)14-13(12(18)19)4-3-5-13/h7-8H,2-6H2,1H3,(H,14,17)(H,18,19). The van der Waals surface area contributed by atoms with E-state index in [4.69, 9.17) is 0 Å². The Morgan fingerprint density at radius 2 is 2.19 bits per heavy atom. The van der Waals surface area contributed by atoms with Gasteiger partial charge >= 0.3 is 5.97 Å². The first-order valence-electron chi connectivity index (χ1n) is 6.80. The van der Waals surface area contributed by atoms with Crippen LogP contribution in [0.3, 0.4) is 0 Å². The summed E-state index contributed by atoms with van der Waals surface area (Å²) >= 11 is 0. The largest absolute Gasteiger partial charge is 0.480 e. The smallest absolute Gasteiger partial charge is 0.329 e. The molecule has 8 heteroatoms. The van der Waals surface area contributed by atoms with Gasteiger partial charge in [0.1, 0.15) is 11.2 Å². The molecule has 0 spiro atoms. The number of carbonyl (C=O) groups excluding carboxylic acids is 1. The Labute approximate surface area is 120 Å². The number of amides is 1. The SMILES string of the molecule is CCCn1cc([N+](=O)[O-])cc1C(=O)NC1(C(=O)O)CCC1. The number of nitro groups is 1. The Kier molecular flexibility index (Phi) is 3.97. The average molecular weight is 295 g/mol. The number of aromatic nitrogens is 1. The molecule has 0 unspecified atom stereocenters. The molecule has 0 atom stereocenters. The molecule has 2 N–H and O–H groups in total. The van der Waals surface area contributed by atoms with E-state index < -0.39 is 22.3 Å². The number of nitrogens with zero attached hydrogens (tertiary/aromatic N) is 2. The van der Waals surface area contributed by atoms with Gasteiger partial charge in [-0.05, 0) is 25.7 Å². The molecule has 1 aliphatic carbocycles. The third-order valence-corrected chi connectivity index (χ3v) is 3.76. The molecule has 0 bridgehead atoms. The van der Waals surface area contributed by atoms with Crippen molar-refractivity contribution in [2.75, 3.05) is 0 Å². The lowest BCUT2D eigenvalue weighted by atomic mass is 9.76. The van der Waals surface area contributed by atoms with Crippen LogP contribution in [0, 0.1) is 10.1 Å². The molecule has 1 amide bonds. The Hall–Kier alpha value is -2.38. The van der Waals surface area contributed by atoms with Gasteiger partial charge in [0, 0.05) is 12.6 Å². The zero-order valence-electron chi connectivity index (χ0n) is 11.7. The van der Waals surface area contributed by atoms with Gasteiger partial charge < -0.3 is 15.0 Å². The summed E-state index contributed by atoms with van der Waals surface area (Å²) in [5, 5.41) is 22.6. The predicted molar refractivity (Wildman–Crippen MR) is 73.1 cm³/mol. The van der Waals surface area contributed by atoms with Gasteiger partial charge in [0.05, 0.1) is 11.1 Å². The monoisotopic (exact) mass is 295 g/mol. The summed E-state index contributed by atoms with van der Waals surface area (Å²) in [6.07, 6.45) is 3.50. The molecule has 0 aliphatic heterocycles. The average Bonchev–Trinajstić information content (AvgIpc) is 2.78. The van der Waals surface area contributed by atoms with Crippen LogP contribution in [0.2, 0.25) is 0 Å². The maximum Gasteiger partial charge on any atom is 0.329 e. The highest BCUT2D eigenvalue weighted by atomic mass is 16.6. The van der Waals surface area contributed by atoms with Crippen molar-refractivity contribution >= 4 is 17.6 Å². The first kappa shape index (κ1) is 15.0. The molecule has 0 aromatic carbocycles. The molecule has 1 aromatic heterocycles. The van der Waals surface area contributed by atoms with Gasteiger partial charge in [-0.25, -0.2) is 4.79 Å². The topological polar surface area (TPSA) is 114 Å². The van der Waals surface area contributed by atoms with E-state index in [0.717, 1.165) is 6.42 Å². The van der Waals surface area contributed by atoms with Crippen molar-refractivity contribution in [2.45, 2.75) is 44.7 Å². The van der Waals surface area contributed by atoms with Crippen LogP contribution in [-0.4, -0.2) is 32.0 Å². The molecule has 0 saturated heterocycles. The minimum atomic E-state index is -1.23. The summed E-state index contributed by atoms with van der Waals surface area (Å²) in [6.45, 7) is 2.34. The molecule has 21 heavy (non-hydrogen) atoms. The van der Waals surface area contributed by atoms with Crippen LogP contribution < -0.4 is 5.32 Å². The van der Waals surface area contributed by atoms with Gasteiger partial charge in [0.15, 0.2) is 0 Å². The second-order valence-electron chi connectivity index (χ2n) is 5.23. The number of aryl methyl sites for hydroxylation is 1.